The lowest BCUT2D eigenvalue weighted by Crippen LogP contribution is -2.47. The van der Waals surface area contributed by atoms with E-state index in [4.69, 9.17) is 5.10 Å². The van der Waals surface area contributed by atoms with E-state index in [1.807, 2.05) is 6.92 Å². The molecule has 12 heteroatoms. The van der Waals surface area contributed by atoms with Gasteiger partial charge < -0.3 is 25.0 Å². The Bertz CT molecular complexity index is 1260. The smallest absolute Gasteiger partial charge is 0.418 e. The summed E-state index contributed by atoms with van der Waals surface area (Å²) in [6.45, 7) is 2.69. The predicted octanol–water partition coefficient (Wildman–Crippen LogP) is 4.60. The highest BCUT2D eigenvalue weighted by Crippen LogP contribution is 2.38. The number of carbonyl (C=O) groups is 1. The number of rotatable bonds is 6. The summed E-state index contributed by atoms with van der Waals surface area (Å²) in [7, 11) is 1.000. The number of methoxy groups -OCH3 is 1. The number of alkyl halides is 3. The van der Waals surface area contributed by atoms with Gasteiger partial charge in [0.05, 0.1) is 11.1 Å². The van der Waals surface area contributed by atoms with E-state index in [0.717, 1.165) is 7.11 Å². The number of piperidine rings is 1. The molecule has 1 aromatic carbocycles. The Hall–Kier alpha value is -3.54. The number of amides is 1. The fourth-order valence-electron chi connectivity index (χ4n) is 4.69. The lowest BCUT2D eigenvalue weighted by Gasteiger charge is -2.41. The highest BCUT2D eigenvalue weighted by Gasteiger charge is 2.41. The Balaban J connectivity index is 1.70. The van der Waals surface area contributed by atoms with Crippen LogP contribution in [0.3, 0.4) is 0 Å². The number of fused-ring (bicyclic) bond motifs is 1. The molecule has 0 spiro atoms. The number of likely N-dealkylation sites (tertiary alicyclic amines) is 1. The Labute approximate surface area is 198 Å². The summed E-state index contributed by atoms with van der Waals surface area (Å²) in [5, 5.41) is 17.4. The largest absolute Gasteiger partial charge is 0.465 e. The van der Waals surface area contributed by atoms with Gasteiger partial charge in [0.2, 0.25) is 0 Å². The van der Waals surface area contributed by atoms with Crippen molar-refractivity contribution in [1.29, 1.82) is 0 Å². The number of H-pyrrole nitrogens is 1. The average Bonchev–Trinajstić information content (AvgIpc) is 3.20. The number of benzene rings is 1. The van der Waals surface area contributed by atoms with Crippen molar-refractivity contribution < 1.29 is 27.8 Å². The highest BCUT2D eigenvalue weighted by atomic mass is 19.4. The lowest BCUT2D eigenvalue weighted by atomic mass is 9.85. The van der Waals surface area contributed by atoms with Crippen LogP contribution in [0, 0.1) is 0 Å². The van der Waals surface area contributed by atoms with E-state index in [2.05, 4.69) is 15.0 Å². The Morgan fingerprint density at radius 3 is 2.46 bits per heavy atom. The van der Waals surface area contributed by atoms with E-state index in [1.54, 1.807) is 10.7 Å². The van der Waals surface area contributed by atoms with Crippen molar-refractivity contribution in [2.24, 2.45) is 0 Å². The number of nitrogens with one attached hydrogen (secondary N) is 2. The first-order valence-corrected chi connectivity index (χ1v) is 11.1. The van der Waals surface area contributed by atoms with Gasteiger partial charge in [-0.2, -0.15) is 18.3 Å². The first-order chi connectivity index (χ1) is 16.6. The van der Waals surface area contributed by atoms with Crippen LogP contribution in [0.5, 0.6) is 0 Å². The maximum Gasteiger partial charge on any atom is 0.418 e. The van der Waals surface area contributed by atoms with Crippen molar-refractivity contribution in [3.05, 3.63) is 52.4 Å². The molecule has 0 aliphatic carbocycles. The number of aromatic amines is 1. The molecule has 1 fully saturated rings. The van der Waals surface area contributed by atoms with Crippen LogP contribution in [0.15, 0.2) is 41.3 Å². The van der Waals surface area contributed by atoms with E-state index in [-0.39, 0.29) is 16.9 Å². The van der Waals surface area contributed by atoms with Crippen molar-refractivity contribution in [3.63, 3.8) is 0 Å². The van der Waals surface area contributed by atoms with Crippen LogP contribution in [0.4, 0.5) is 29.5 Å². The summed E-state index contributed by atoms with van der Waals surface area (Å²) in [5.41, 5.74) is 0.148. The van der Waals surface area contributed by atoms with E-state index in [9.17, 15) is 27.9 Å². The SMILES string of the molecule is CCC1(n2nc(Nc3ccc(C(OC)C(F)(F)F)cc3)c3c(=O)[nH]ccc32)CCN(C(=O)O)CC1. The van der Waals surface area contributed by atoms with Crippen LogP contribution >= 0.6 is 0 Å². The second kappa shape index (κ2) is 9.25. The molecule has 1 amide bonds. The first kappa shape index (κ1) is 24.6. The number of hydrogen-bond donors (Lipinski definition) is 3. The lowest BCUT2D eigenvalue weighted by molar-refractivity contribution is -0.215. The fourth-order valence-corrected chi connectivity index (χ4v) is 4.69. The van der Waals surface area contributed by atoms with Gasteiger partial charge in [0.15, 0.2) is 11.9 Å². The van der Waals surface area contributed by atoms with Crippen molar-refractivity contribution in [2.45, 2.75) is 44.0 Å². The number of halogens is 3. The highest BCUT2D eigenvalue weighted by molar-refractivity contribution is 5.91. The van der Waals surface area contributed by atoms with Gasteiger partial charge in [0, 0.05) is 32.1 Å². The molecule has 0 radical (unpaired) electrons. The number of carboxylic acid groups (broad SMARTS) is 1. The molecule has 1 aliphatic heterocycles. The summed E-state index contributed by atoms with van der Waals surface area (Å²) < 4.78 is 45.9. The Morgan fingerprint density at radius 2 is 1.91 bits per heavy atom. The molecule has 3 N–H and O–H groups in total. The van der Waals surface area contributed by atoms with E-state index in [0.29, 0.717) is 48.9 Å². The number of nitrogens with zero attached hydrogens (tertiary/aromatic N) is 3. The van der Waals surface area contributed by atoms with Gasteiger partial charge in [-0.1, -0.05) is 19.1 Å². The quantitative estimate of drug-likeness (QED) is 0.463. The van der Waals surface area contributed by atoms with Gasteiger partial charge in [-0.3, -0.25) is 9.48 Å². The monoisotopic (exact) mass is 493 g/mol. The summed E-state index contributed by atoms with van der Waals surface area (Å²) >= 11 is 0. The first-order valence-electron chi connectivity index (χ1n) is 11.1. The average molecular weight is 493 g/mol. The zero-order valence-electron chi connectivity index (χ0n) is 19.2. The summed E-state index contributed by atoms with van der Waals surface area (Å²) in [4.78, 5) is 28.1. The summed E-state index contributed by atoms with van der Waals surface area (Å²) in [5.74, 6) is 0.266. The second-order valence-corrected chi connectivity index (χ2v) is 8.58. The van der Waals surface area contributed by atoms with Gasteiger partial charge in [-0.15, -0.1) is 0 Å². The molecule has 1 unspecified atom stereocenters. The Morgan fingerprint density at radius 1 is 1.26 bits per heavy atom. The molecule has 4 rings (SSSR count). The van der Waals surface area contributed by atoms with Crippen molar-refractivity contribution >= 4 is 28.5 Å². The number of anilines is 2. The third kappa shape index (κ3) is 4.57. The second-order valence-electron chi connectivity index (χ2n) is 8.58. The number of hydrogen-bond acceptors (Lipinski definition) is 5. The third-order valence-corrected chi connectivity index (χ3v) is 6.69. The molecule has 2 aromatic heterocycles. The molecule has 188 valence electrons. The van der Waals surface area contributed by atoms with Gasteiger partial charge in [0.25, 0.3) is 5.56 Å². The molecule has 0 saturated carbocycles. The maximum absolute atomic E-state index is 13.2. The van der Waals surface area contributed by atoms with Crippen molar-refractivity contribution in [2.75, 3.05) is 25.5 Å². The fraction of sp³-hybridized carbons (Fsp3) is 0.435. The minimum Gasteiger partial charge on any atom is -0.465 e. The summed E-state index contributed by atoms with van der Waals surface area (Å²) in [6, 6.07) is 7.29. The van der Waals surface area contributed by atoms with Crippen LogP contribution < -0.4 is 10.9 Å². The van der Waals surface area contributed by atoms with Gasteiger partial charge in [-0.25, -0.2) is 4.79 Å². The normalized spacial score (nSPS) is 16.9. The van der Waals surface area contributed by atoms with Crippen LogP contribution in [0.1, 0.15) is 37.9 Å². The van der Waals surface area contributed by atoms with Gasteiger partial charge in [0.1, 0.15) is 5.39 Å². The third-order valence-electron chi connectivity index (χ3n) is 6.69. The molecule has 9 nitrogen and oxygen atoms in total. The molecule has 1 aliphatic rings. The molecule has 1 saturated heterocycles. The van der Waals surface area contributed by atoms with Gasteiger partial charge >= 0.3 is 12.3 Å². The summed E-state index contributed by atoms with van der Waals surface area (Å²) in [6.07, 6.45) is -4.29. The van der Waals surface area contributed by atoms with Crippen LogP contribution in [-0.2, 0) is 10.3 Å². The number of pyridine rings is 1. The predicted molar refractivity (Wildman–Crippen MR) is 123 cm³/mol. The van der Waals surface area contributed by atoms with Crippen molar-refractivity contribution in [3.8, 4) is 0 Å². The molecule has 3 aromatic rings. The van der Waals surface area contributed by atoms with E-state index in [1.165, 1.54) is 35.4 Å². The molecular formula is C23H26F3N5O4. The standard InChI is InChI=1S/C23H26F3N5O4/c1-3-22(9-12-30(13-10-22)21(33)34)31-16-8-11-27-20(32)17(16)19(29-31)28-15-6-4-14(5-7-15)18(35-2)23(24,25)26/h4-8,11,18H,3,9-10,12-13H2,1-2H3,(H,27,32)(H,28,29)(H,33,34). The van der Waals surface area contributed by atoms with Gasteiger partial charge in [-0.05, 0) is 43.0 Å². The van der Waals surface area contributed by atoms with Crippen LogP contribution in [0.2, 0.25) is 0 Å². The topological polar surface area (TPSA) is 112 Å². The zero-order chi connectivity index (χ0) is 25.4. The minimum atomic E-state index is -4.54. The molecule has 3 heterocycles. The number of ether oxygens (including phenoxy) is 1. The molecule has 0 bridgehead atoms. The molecular weight excluding hydrogens is 467 g/mol. The van der Waals surface area contributed by atoms with Crippen LogP contribution in [0.25, 0.3) is 10.9 Å². The molecule has 1 atom stereocenters. The van der Waals surface area contributed by atoms with Crippen LogP contribution in [-0.4, -0.2) is 57.2 Å². The van der Waals surface area contributed by atoms with E-state index < -0.39 is 23.9 Å². The maximum atomic E-state index is 13.2. The van der Waals surface area contributed by atoms with Crippen molar-refractivity contribution in [1.82, 2.24) is 19.7 Å². The number of aromatic nitrogens is 3. The van der Waals surface area contributed by atoms with E-state index >= 15 is 0 Å². The Kier molecular flexibility index (Phi) is 6.50. The molecule has 35 heavy (non-hydrogen) atoms. The zero-order valence-corrected chi connectivity index (χ0v) is 19.2. The minimum absolute atomic E-state index is 0.0473.